The second-order valence-corrected chi connectivity index (χ2v) is 10.3. The Morgan fingerprint density at radius 3 is 2.41 bits per heavy atom. The SMILES string of the molecule is Cc1ccc(NC(O)c2cc(NC(=O)C3C(c4ccc(Cl)c(Cl)c4)C3(Cl)Cl)ccc2F)c(F)c1. The molecule has 4 rings (SSSR count). The Morgan fingerprint density at radius 1 is 1.00 bits per heavy atom. The van der Waals surface area contributed by atoms with Crippen molar-refractivity contribution in [2.24, 2.45) is 5.92 Å². The number of amides is 1. The Morgan fingerprint density at radius 2 is 1.74 bits per heavy atom. The number of alkyl halides is 2. The van der Waals surface area contributed by atoms with E-state index in [1.165, 1.54) is 24.3 Å². The number of aliphatic hydroxyl groups excluding tert-OH is 1. The first-order valence-corrected chi connectivity index (χ1v) is 11.6. The van der Waals surface area contributed by atoms with E-state index in [1.54, 1.807) is 31.2 Å². The molecule has 1 amide bonds. The molecule has 1 saturated carbocycles. The summed E-state index contributed by atoms with van der Waals surface area (Å²) in [6.07, 6.45) is -1.57. The number of hydrogen-bond acceptors (Lipinski definition) is 3. The van der Waals surface area contributed by atoms with Gasteiger partial charge in [0.05, 0.1) is 21.7 Å². The molecule has 3 atom stereocenters. The smallest absolute Gasteiger partial charge is 0.231 e. The van der Waals surface area contributed by atoms with E-state index in [4.69, 9.17) is 46.4 Å². The second kappa shape index (κ2) is 9.51. The second-order valence-electron chi connectivity index (χ2n) is 8.06. The molecule has 0 aromatic heterocycles. The lowest BCUT2D eigenvalue weighted by Crippen LogP contribution is -2.18. The van der Waals surface area contributed by atoms with Gasteiger partial charge in [0.2, 0.25) is 5.91 Å². The fourth-order valence-electron chi connectivity index (χ4n) is 3.79. The molecule has 3 N–H and O–H groups in total. The molecule has 0 spiro atoms. The number of nitrogens with one attached hydrogen (secondary N) is 2. The summed E-state index contributed by atoms with van der Waals surface area (Å²) in [5.74, 6) is -3.15. The van der Waals surface area contributed by atoms with Crippen molar-refractivity contribution < 1.29 is 18.7 Å². The maximum absolute atomic E-state index is 14.4. The van der Waals surface area contributed by atoms with Crippen LogP contribution in [0.25, 0.3) is 0 Å². The van der Waals surface area contributed by atoms with E-state index in [1.807, 2.05) is 0 Å². The summed E-state index contributed by atoms with van der Waals surface area (Å²) in [5, 5.41) is 16.3. The van der Waals surface area contributed by atoms with Crippen LogP contribution in [-0.4, -0.2) is 15.3 Å². The van der Waals surface area contributed by atoms with Crippen LogP contribution in [0.3, 0.4) is 0 Å². The van der Waals surface area contributed by atoms with Crippen molar-refractivity contribution in [3.8, 4) is 0 Å². The number of carbonyl (C=O) groups excluding carboxylic acids is 1. The summed E-state index contributed by atoms with van der Waals surface area (Å²) in [5.41, 5.74) is 1.37. The van der Waals surface area contributed by atoms with Gasteiger partial charge in [-0.15, -0.1) is 23.2 Å². The number of benzene rings is 3. The van der Waals surface area contributed by atoms with E-state index in [0.29, 0.717) is 21.2 Å². The van der Waals surface area contributed by atoms with Gasteiger partial charge >= 0.3 is 0 Å². The highest BCUT2D eigenvalue weighted by atomic mass is 35.5. The average Bonchev–Trinajstić information content (AvgIpc) is 3.35. The van der Waals surface area contributed by atoms with Gasteiger partial charge in [-0.1, -0.05) is 35.3 Å². The van der Waals surface area contributed by atoms with Gasteiger partial charge in [-0.2, -0.15) is 0 Å². The molecule has 3 unspecified atom stereocenters. The molecule has 1 fully saturated rings. The number of rotatable bonds is 6. The highest BCUT2D eigenvalue weighted by molar-refractivity contribution is 6.53. The van der Waals surface area contributed by atoms with E-state index < -0.39 is 39.9 Å². The van der Waals surface area contributed by atoms with Crippen molar-refractivity contribution in [2.75, 3.05) is 10.6 Å². The van der Waals surface area contributed by atoms with Gasteiger partial charge < -0.3 is 15.7 Å². The highest BCUT2D eigenvalue weighted by Gasteiger charge is 2.67. The van der Waals surface area contributed by atoms with Crippen LogP contribution in [0.5, 0.6) is 0 Å². The number of halogens is 6. The molecule has 0 saturated heterocycles. The van der Waals surface area contributed by atoms with E-state index in [9.17, 15) is 18.7 Å². The summed E-state index contributed by atoms with van der Waals surface area (Å²) < 4.78 is 27.1. The average molecular weight is 546 g/mol. The number of anilines is 2. The van der Waals surface area contributed by atoms with Crippen LogP contribution >= 0.6 is 46.4 Å². The summed E-state index contributed by atoms with van der Waals surface area (Å²) in [7, 11) is 0. The van der Waals surface area contributed by atoms with Crippen LogP contribution in [0.15, 0.2) is 54.6 Å². The first kappa shape index (κ1) is 25.0. The third kappa shape index (κ3) is 4.97. The molecular formula is C24H18Cl4F2N2O2. The first-order chi connectivity index (χ1) is 16.0. The number of hydrogen-bond donors (Lipinski definition) is 3. The fraction of sp³-hybridized carbons (Fsp3) is 0.208. The summed E-state index contributed by atoms with van der Waals surface area (Å²) >= 11 is 24.7. The van der Waals surface area contributed by atoms with Crippen LogP contribution in [0.4, 0.5) is 20.2 Å². The van der Waals surface area contributed by atoms with E-state index >= 15 is 0 Å². The van der Waals surface area contributed by atoms with E-state index in [-0.39, 0.29) is 16.9 Å². The normalized spacial score (nSPS) is 19.4. The Hall–Kier alpha value is -2.09. The Balaban J connectivity index is 1.50. The zero-order chi connectivity index (χ0) is 24.8. The van der Waals surface area contributed by atoms with Crippen molar-refractivity contribution in [3.63, 3.8) is 0 Å². The molecule has 1 aliphatic rings. The summed E-state index contributed by atoms with van der Waals surface area (Å²) in [6, 6.07) is 12.9. The summed E-state index contributed by atoms with van der Waals surface area (Å²) in [6.45, 7) is 1.72. The van der Waals surface area contributed by atoms with Crippen LogP contribution < -0.4 is 10.6 Å². The van der Waals surface area contributed by atoms with Gasteiger partial charge in [0.1, 0.15) is 16.0 Å². The molecule has 0 aliphatic heterocycles. The van der Waals surface area contributed by atoms with E-state index in [2.05, 4.69) is 10.6 Å². The monoisotopic (exact) mass is 544 g/mol. The Labute approximate surface area is 214 Å². The van der Waals surface area contributed by atoms with Crippen molar-refractivity contribution in [3.05, 3.63) is 93.0 Å². The van der Waals surface area contributed by atoms with Gasteiger partial charge in [0, 0.05) is 17.2 Å². The Kier molecular flexibility index (Phi) is 7.00. The van der Waals surface area contributed by atoms with Crippen molar-refractivity contribution in [2.45, 2.75) is 23.4 Å². The van der Waals surface area contributed by atoms with Crippen molar-refractivity contribution in [1.29, 1.82) is 0 Å². The quantitative estimate of drug-likeness (QED) is 0.226. The molecule has 0 heterocycles. The van der Waals surface area contributed by atoms with E-state index in [0.717, 1.165) is 6.07 Å². The van der Waals surface area contributed by atoms with Crippen molar-refractivity contribution >= 4 is 63.7 Å². The zero-order valence-corrected chi connectivity index (χ0v) is 20.6. The fourth-order valence-corrected chi connectivity index (χ4v) is 4.92. The molecule has 0 bridgehead atoms. The van der Waals surface area contributed by atoms with Gasteiger partial charge in [0.15, 0.2) is 6.23 Å². The van der Waals surface area contributed by atoms with Crippen LogP contribution in [0.2, 0.25) is 10.0 Å². The Bertz CT molecular complexity index is 1270. The number of carbonyl (C=O) groups is 1. The lowest BCUT2D eigenvalue weighted by atomic mass is 10.1. The maximum Gasteiger partial charge on any atom is 0.231 e. The van der Waals surface area contributed by atoms with Crippen LogP contribution in [-0.2, 0) is 4.79 Å². The molecule has 34 heavy (non-hydrogen) atoms. The minimum absolute atomic E-state index is 0.00319. The molecule has 0 radical (unpaired) electrons. The lowest BCUT2D eigenvalue weighted by Gasteiger charge is -2.17. The van der Waals surface area contributed by atoms with Gasteiger partial charge in [0.25, 0.3) is 0 Å². The molecule has 3 aromatic carbocycles. The number of aryl methyl sites for hydroxylation is 1. The minimum atomic E-state index is -1.57. The first-order valence-electron chi connectivity index (χ1n) is 10.1. The molecular weight excluding hydrogens is 528 g/mol. The molecule has 3 aromatic rings. The molecule has 10 heteroatoms. The number of aliphatic hydroxyl groups is 1. The predicted molar refractivity (Wildman–Crippen MR) is 132 cm³/mol. The topological polar surface area (TPSA) is 61.4 Å². The van der Waals surface area contributed by atoms with Gasteiger partial charge in [-0.05, 0) is 60.5 Å². The third-order valence-electron chi connectivity index (χ3n) is 5.61. The largest absolute Gasteiger partial charge is 0.369 e. The molecule has 1 aliphatic carbocycles. The highest BCUT2D eigenvalue weighted by Crippen LogP contribution is 2.65. The lowest BCUT2D eigenvalue weighted by molar-refractivity contribution is -0.117. The summed E-state index contributed by atoms with van der Waals surface area (Å²) in [4.78, 5) is 12.9. The van der Waals surface area contributed by atoms with Gasteiger partial charge in [-0.25, -0.2) is 8.78 Å². The standard InChI is InChI=1S/C24H18Cl4F2N2O2/c1-11-2-7-19(18(30)8-11)32-22(33)14-10-13(4-6-17(14)29)31-23(34)21-20(24(21,27)28)12-3-5-15(25)16(26)9-12/h2-10,20-22,32-33H,1H3,(H,31,34). The molecule has 178 valence electrons. The molecule has 4 nitrogen and oxygen atoms in total. The minimum Gasteiger partial charge on any atom is -0.369 e. The van der Waals surface area contributed by atoms with Gasteiger partial charge in [-0.3, -0.25) is 4.79 Å². The zero-order valence-electron chi connectivity index (χ0n) is 17.6. The van der Waals surface area contributed by atoms with Crippen LogP contribution in [0.1, 0.15) is 28.8 Å². The third-order valence-corrected chi connectivity index (χ3v) is 7.29. The predicted octanol–water partition coefficient (Wildman–Crippen LogP) is 7.21. The maximum atomic E-state index is 14.4. The van der Waals surface area contributed by atoms with Crippen molar-refractivity contribution in [1.82, 2.24) is 0 Å². The van der Waals surface area contributed by atoms with Crippen LogP contribution in [0, 0.1) is 24.5 Å².